The Morgan fingerprint density at radius 2 is 1.87 bits per heavy atom. The number of carbonyl (C=O) groups excluding carboxylic acids is 2. The maximum absolute atomic E-state index is 12.8. The largest absolute Gasteiger partial charge is 0.459 e. The van der Waals surface area contributed by atoms with Crippen LogP contribution in [0.15, 0.2) is 71.4 Å². The number of carbonyl (C=O) groups is 2. The van der Waals surface area contributed by atoms with Crippen molar-refractivity contribution in [1.82, 2.24) is 5.32 Å². The number of amides is 2. The molecule has 2 aromatic carbocycles. The maximum atomic E-state index is 12.8. The Bertz CT molecular complexity index is 1110. The average molecular weight is 449 g/mol. The molecule has 0 atom stereocenters. The zero-order chi connectivity index (χ0) is 22.4. The number of rotatable bonds is 6. The lowest BCUT2D eigenvalue weighted by Gasteiger charge is -2.08. The minimum Gasteiger partial charge on any atom is -0.459 e. The second kappa shape index (κ2) is 9.53. The van der Waals surface area contributed by atoms with E-state index < -0.39 is 23.6 Å². The van der Waals surface area contributed by atoms with Gasteiger partial charge >= 0.3 is 6.18 Å². The van der Waals surface area contributed by atoms with Crippen molar-refractivity contribution in [3.8, 4) is 0 Å². The zero-order valence-electron chi connectivity index (χ0n) is 15.9. The van der Waals surface area contributed by atoms with Crippen molar-refractivity contribution in [2.24, 2.45) is 0 Å². The van der Waals surface area contributed by atoms with Gasteiger partial charge in [-0.1, -0.05) is 23.7 Å². The van der Waals surface area contributed by atoms with E-state index in [2.05, 4.69) is 10.6 Å². The molecule has 31 heavy (non-hydrogen) atoms. The first kappa shape index (κ1) is 22.2. The normalized spacial score (nSPS) is 11.5. The lowest BCUT2D eigenvalue weighted by molar-refractivity contribution is -0.137. The summed E-state index contributed by atoms with van der Waals surface area (Å²) in [5, 5.41) is 5.39. The van der Waals surface area contributed by atoms with E-state index in [4.69, 9.17) is 16.0 Å². The average Bonchev–Trinajstić information content (AvgIpc) is 3.26. The molecule has 160 valence electrons. The summed E-state index contributed by atoms with van der Waals surface area (Å²) in [4.78, 5) is 24.1. The van der Waals surface area contributed by atoms with Crippen LogP contribution in [0.2, 0.25) is 5.02 Å². The fourth-order valence-electron chi connectivity index (χ4n) is 2.62. The summed E-state index contributed by atoms with van der Waals surface area (Å²) in [5.74, 6) is -0.761. The van der Waals surface area contributed by atoms with Crippen LogP contribution in [0.25, 0.3) is 6.08 Å². The third kappa shape index (κ3) is 6.23. The van der Waals surface area contributed by atoms with Crippen LogP contribution in [-0.2, 0) is 17.5 Å². The Kier molecular flexibility index (Phi) is 6.81. The molecule has 0 saturated carbocycles. The van der Waals surface area contributed by atoms with Crippen molar-refractivity contribution in [3.05, 3.63) is 94.4 Å². The van der Waals surface area contributed by atoms with Crippen LogP contribution >= 0.6 is 11.6 Å². The molecule has 0 aliphatic carbocycles. The Labute approximate surface area is 180 Å². The monoisotopic (exact) mass is 448 g/mol. The molecule has 1 heterocycles. The molecule has 0 spiro atoms. The molecule has 3 rings (SSSR count). The minimum absolute atomic E-state index is 0.0780. The number of furan rings is 1. The summed E-state index contributed by atoms with van der Waals surface area (Å²) < 4.78 is 43.5. The molecule has 0 aliphatic rings. The minimum atomic E-state index is -4.51. The van der Waals surface area contributed by atoms with Gasteiger partial charge in [-0.15, -0.1) is 0 Å². The lowest BCUT2D eigenvalue weighted by Crippen LogP contribution is -2.20. The summed E-state index contributed by atoms with van der Waals surface area (Å²) in [6.45, 7) is 0.143. The molecule has 0 aliphatic heterocycles. The van der Waals surface area contributed by atoms with Crippen molar-refractivity contribution in [3.63, 3.8) is 0 Å². The SMILES string of the molecule is O=C(/C=C/c1cc(C(F)(F)F)ccc1Cl)NCc1cccc(NC(=O)c2ccco2)c1. The first-order chi connectivity index (χ1) is 14.7. The third-order valence-electron chi connectivity index (χ3n) is 4.13. The van der Waals surface area contributed by atoms with Gasteiger partial charge in [0.15, 0.2) is 5.76 Å². The molecular formula is C22H16ClF3N2O3. The molecule has 2 amide bonds. The maximum Gasteiger partial charge on any atom is 0.416 e. The van der Waals surface area contributed by atoms with Crippen LogP contribution in [0.4, 0.5) is 18.9 Å². The number of hydrogen-bond acceptors (Lipinski definition) is 3. The number of alkyl halides is 3. The van der Waals surface area contributed by atoms with Crippen LogP contribution < -0.4 is 10.6 Å². The molecule has 0 bridgehead atoms. The van der Waals surface area contributed by atoms with Gasteiger partial charge in [0.05, 0.1) is 11.8 Å². The van der Waals surface area contributed by atoms with E-state index in [1.54, 1.807) is 30.3 Å². The molecule has 0 saturated heterocycles. The molecule has 0 radical (unpaired) electrons. The smallest absolute Gasteiger partial charge is 0.416 e. The Balaban J connectivity index is 1.59. The van der Waals surface area contributed by atoms with E-state index >= 15 is 0 Å². The highest BCUT2D eigenvalue weighted by atomic mass is 35.5. The number of halogens is 4. The van der Waals surface area contributed by atoms with E-state index in [1.165, 1.54) is 18.4 Å². The zero-order valence-corrected chi connectivity index (χ0v) is 16.6. The van der Waals surface area contributed by atoms with Crippen molar-refractivity contribution in [2.45, 2.75) is 12.7 Å². The number of nitrogens with one attached hydrogen (secondary N) is 2. The van der Waals surface area contributed by atoms with Gasteiger partial charge in [0, 0.05) is 23.3 Å². The number of anilines is 1. The molecule has 3 aromatic rings. The van der Waals surface area contributed by atoms with Crippen molar-refractivity contribution in [1.29, 1.82) is 0 Å². The van der Waals surface area contributed by atoms with Crippen molar-refractivity contribution < 1.29 is 27.2 Å². The molecule has 0 unspecified atom stereocenters. The highest BCUT2D eigenvalue weighted by Gasteiger charge is 2.30. The standard InChI is InChI=1S/C22H16ClF3N2O3/c23-18-8-7-16(22(24,25)26)12-15(18)6-9-20(29)27-13-14-3-1-4-17(11-14)28-21(30)19-5-2-10-31-19/h1-12H,13H2,(H,27,29)(H,28,30)/b9-6+. The highest BCUT2D eigenvalue weighted by Crippen LogP contribution is 2.32. The second-order valence-corrected chi connectivity index (χ2v) is 6.82. The van der Waals surface area contributed by atoms with E-state index in [-0.39, 0.29) is 22.9 Å². The van der Waals surface area contributed by atoms with Gasteiger partial charge in [0.1, 0.15) is 0 Å². The van der Waals surface area contributed by atoms with Gasteiger partial charge in [-0.3, -0.25) is 9.59 Å². The first-order valence-electron chi connectivity index (χ1n) is 8.99. The van der Waals surface area contributed by atoms with Crippen LogP contribution in [-0.4, -0.2) is 11.8 Å². The van der Waals surface area contributed by atoms with Crippen LogP contribution in [0.3, 0.4) is 0 Å². The van der Waals surface area contributed by atoms with Gasteiger partial charge < -0.3 is 15.1 Å². The molecule has 1 aromatic heterocycles. The third-order valence-corrected chi connectivity index (χ3v) is 4.48. The van der Waals surface area contributed by atoms with Gasteiger partial charge in [-0.05, 0) is 59.7 Å². The van der Waals surface area contributed by atoms with Gasteiger partial charge in [-0.2, -0.15) is 13.2 Å². The Morgan fingerprint density at radius 3 is 2.58 bits per heavy atom. The summed E-state index contributed by atoms with van der Waals surface area (Å²) in [5.41, 5.74) is 0.440. The predicted octanol–water partition coefficient (Wildman–Crippen LogP) is 5.53. The molecule has 5 nitrogen and oxygen atoms in total. The Hall–Kier alpha value is -3.52. The Morgan fingerprint density at radius 1 is 1.06 bits per heavy atom. The topological polar surface area (TPSA) is 71.3 Å². The molecular weight excluding hydrogens is 433 g/mol. The number of benzene rings is 2. The van der Waals surface area contributed by atoms with Crippen molar-refractivity contribution in [2.75, 3.05) is 5.32 Å². The highest BCUT2D eigenvalue weighted by molar-refractivity contribution is 6.32. The first-order valence-corrected chi connectivity index (χ1v) is 9.36. The van der Waals surface area contributed by atoms with Gasteiger partial charge in [0.2, 0.25) is 5.91 Å². The summed E-state index contributed by atoms with van der Waals surface area (Å²) >= 11 is 5.91. The van der Waals surface area contributed by atoms with Crippen molar-refractivity contribution >= 4 is 35.2 Å². The van der Waals surface area contributed by atoms with E-state index in [9.17, 15) is 22.8 Å². The molecule has 2 N–H and O–H groups in total. The van der Waals surface area contributed by atoms with Gasteiger partial charge in [0.25, 0.3) is 5.91 Å². The molecule has 9 heteroatoms. The van der Waals surface area contributed by atoms with E-state index in [0.717, 1.165) is 24.3 Å². The van der Waals surface area contributed by atoms with Gasteiger partial charge in [-0.25, -0.2) is 0 Å². The van der Waals surface area contributed by atoms with Crippen LogP contribution in [0.1, 0.15) is 27.2 Å². The quantitative estimate of drug-likeness (QED) is 0.487. The van der Waals surface area contributed by atoms with Crippen LogP contribution in [0, 0.1) is 0 Å². The summed E-state index contributed by atoms with van der Waals surface area (Å²) in [6.07, 6.45) is -0.801. The van der Waals surface area contributed by atoms with E-state index in [0.29, 0.717) is 11.3 Å². The fraction of sp³-hybridized carbons (Fsp3) is 0.0909. The lowest BCUT2D eigenvalue weighted by atomic mass is 10.1. The summed E-state index contributed by atoms with van der Waals surface area (Å²) in [6, 6.07) is 12.8. The number of hydrogen-bond donors (Lipinski definition) is 2. The molecule has 0 fully saturated rings. The predicted molar refractivity (Wildman–Crippen MR) is 110 cm³/mol. The second-order valence-electron chi connectivity index (χ2n) is 6.42. The fourth-order valence-corrected chi connectivity index (χ4v) is 2.80. The summed E-state index contributed by atoms with van der Waals surface area (Å²) in [7, 11) is 0. The van der Waals surface area contributed by atoms with E-state index in [1.807, 2.05) is 0 Å². The van der Waals surface area contributed by atoms with Crippen LogP contribution in [0.5, 0.6) is 0 Å².